The summed E-state index contributed by atoms with van der Waals surface area (Å²) in [5.41, 5.74) is -0.571. The first kappa shape index (κ1) is 15.5. The van der Waals surface area contributed by atoms with Crippen molar-refractivity contribution in [1.82, 2.24) is 9.97 Å². The van der Waals surface area contributed by atoms with Gasteiger partial charge in [-0.2, -0.15) is 13.2 Å². The Morgan fingerprint density at radius 2 is 1.70 bits per heavy atom. The van der Waals surface area contributed by atoms with Crippen molar-refractivity contribution in [3.8, 4) is 0 Å². The molecule has 2 rings (SSSR count). The number of rotatable bonds is 2. The van der Waals surface area contributed by atoms with Gasteiger partial charge in [-0.3, -0.25) is 0 Å². The van der Waals surface area contributed by atoms with Gasteiger partial charge in [0, 0.05) is 15.0 Å². The molecule has 1 aromatic heterocycles. The second-order valence-electron chi connectivity index (χ2n) is 3.63. The molecule has 1 heterocycles. The van der Waals surface area contributed by atoms with Gasteiger partial charge in [0.05, 0.1) is 5.69 Å². The number of alkyl halides is 3. The van der Waals surface area contributed by atoms with Crippen LogP contribution in [0.25, 0.3) is 0 Å². The van der Waals surface area contributed by atoms with Gasteiger partial charge in [-0.25, -0.2) is 9.97 Å². The third kappa shape index (κ3) is 3.62. The van der Waals surface area contributed by atoms with Crippen molar-refractivity contribution in [3.05, 3.63) is 44.2 Å². The Kier molecular flexibility index (Phi) is 4.55. The van der Waals surface area contributed by atoms with Crippen LogP contribution in [0, 0.1) is 0 Å². The maximum Gasteiger partial charge on any atom is 0.433 e. The number of halogens is 6. The second-order valence-corrected chi connectivity index (χ2v) is 5.67. The molecule has 0 fully saturated rings. The molecule has 106 valence electrons. The van der Waals surface area contributed by atoms with E-state index in [4.69, 9.17) is 11.6 Å². The normalized spacial score (nSPS) is 11.5. The second kappa shape index (κ2) is 5.87. The predicted molar refractivity (Wildman–Crippen MR) is 77.2 cm³/mol. The summed E-state index contributed by atoms with van der Waals surface area (Å²) in [6.45, 7) is 0. The Hall–Kier alpha value is -0.860. The topological polar surface area (TPSA) is 37.8 Å². The first-order chi connectivity index (χ1) is 9.27. The van der Waals surface area contributed by atoms with Crippen molar-refractivity contribution in [1.29, 1.82) is 0 Å². The third-order valence-electron chi connectivity index (χ3n) is 2.21. The lowest BCUT2D eigenvalue weighted by atomic mass is 10.3. The van der Waals surface area contributed by atoms with Crippen molar-refractivity contribution in [2.75, 3.05) is 5.32 Å². The van der Waals surface area contributed by atoms with E-state index in [1.54, 1.807) is 18.2 Å². The van der Waals surface area contributed by atoms with Gasteiger partial charge >= 0.3 is 6.18 Å². The predicted octanol–water partition coefficient (Wildman–Crippen LogP) is 5.42. The van der Waals surface area contributed by atoms with Crippen LogP contribution in [-0.2, 0) is 6.18 Å². The molecule has 0 atom stereocenters. The van der Waals surface area contributed by atoms with Crippen LogP contribution in [0.3, 0.4) is 0 Å². The van der Waals surface area contributed by atoms with Gasteiger partial charge in [0.2, 0.25) is 5.28 Å². The van der Waals surface area contributed by atoms with Gasteiger partial charge in [-0.15, -0.1) is 0 Å². The Labute approximate surface area is 133 Å². The fraction of sp³-hybridized carbons (Fsp3) is 0.0909. The number of nitrogens with one attached hydrogen (secondary N) is 1. The monoisotopic (exact) mass is 429 g/mol. The average molecular weight is 431 g/mol. The summed E-state index contributed by atoms with van der Waals surface area (Å²) in [6.07, 6.45) is -4.59. The lowest BCUT2D eigenvalue weighted by molar-refractivity contribution is -0.141. The zero-order valence-electron chi connectivity index (χ0n) is 9.47. The molecule has 0 saturated carbocycles. The first-order valence-electron chi connectivity index (χ1n) is 5.10. The van der Waals surface area contributed by atoms with E-state index in [0.29, 0.717) is 14.6 Å². The minimum atomic E-state index is -4.59. The van der Waals surface area contributed by atoms with E-state index in [1.165, 1.54) is 0 Å². The van der Waals surface area contributed by atoms with Crippen molar-refractivity contribution in [2.24, 2.45) is 0 Å². The van der Waals surface area contributed by atoms with Gasteiger partial charge in [-0.05, 0) is 55.6 Å². The molecular formula is C11H5Br2ClF3N3. The summed E-state index contributed by atoms with van der Waals surface area (Å²) < 4.78 is 39.3. The Morgan fingerprint density at radius 3 is 2.25 bits per heavy atom. The van der Waals surface area contributed by atoms with Crippen LogP contribution in [0.15, 0.2) is 33.2 Å². The van der Waals surface area contributed by atoms with E-state index in [-0.39, 0.29) is 5.82 Å². The van der Waals surface area contributed by atoms with Crippen LogP contribution in [-0.4, -0.2) is 9.97 Å². The van der Waals surface area contributed by atoms with Gasteiger partial charge in [0.15, 0.2) is 5.69 Å². The number of aromatic nitrogens is 2. The SMILES string of the molecule is FC(F)(F)c1cc(Nc2c(Br)cccc2Br)nc(Cl)n1. The Balaban J connectivity index is 2.42. The van der Waals surface area contributed by atoms with Crippen LogP contribution in [0.5, 0.6) is 0 Å². The van der Waals surface area contributed by atoms with E-state index in [9.17, 15) is 13.2 Å². The molecule has 0 aliphatic heterocycles. The molecule has 0 amide bonds. The van der Waals surface area contributed by atoms with E-state index < -0.39 is 17.2 Å². The summed E-state index contributed by atoms with van der Waals surface area (Å²) in [5.74, 6) is -0.0510. The maximum atomic E-state index is 12.7. The van der Waals surface area contributed by atoms with Gasteiger partial charge in [0.25, 0.3) is 0 Å². The number of anilines is 2. The number of benzene rings is 1. The van der Waals surface area contributed by atoms with Crippen molar-refractivity contribution < 1.29 is 13.2 Å². The molecule has 0 saturated heterocycles. The van der Waals surface area contributed by atoms with E-state index in [0.717, 1.165) is 6.07 Å². The van der Waals surface area contributed by atoms with Gasteiger partial charge in [0.1, 0.15) is 5.82 Å². The lowest BCUT2D eigenvalue weighted by Gasteiger charge is -2.12. The number of hydrogen-bond acceptors (Lipinski definition) is 3. The first-order valence-corrected chi connectivity index (χ1v) is 7.06. The highest BCUT2D eigenvalue weighted by atomic mass is 79.9. The molecule has 9 heteroatoms. The highest BCUT2D eigenvalue weighted by Gasteiger charge is 2.33. The third-order valence-corrected chi connectivity index (χ3v) is 3.70. The zero-order valence-corrected chi connectivity index (χ0v) is 13.4. The maximum absolute atomic E-state index is 12.7. The molecule has 20 heavy (non-hydrogen) atoms. The van der Waals surface area contributed by atoms with E-state index in [1.807, 2.05) is 0 Å². The molecule has 1 N–H and O–H groups in total. The van der Waals surface area contributed by atoms with Crippen LogP contribution < -0.4 is 5.32 Å². The molecule has 2 aromatic rings. The highest BCUT2D eigenvalue weighted by Crippen LogP contribution is 2.34. The van der Waals surface area contributed by atoms with Crippen LogP contribution in [0.4, 0.5) is 24.7 Å². The molecule has 0 bridgehead atoms. The van der Waals surface area contributed by atoms with Gasteiger partial charge in [-0.1, -0.05) is 6.07 Å². The zero-order chi connectivity index (χ0) is 14.9. The standard InChI is InChI=1S/C11H5Br2ClF3N3/c12-5-2-1-3-6(13)9(5)19-8-4-7(11(15,16)17)18-10(14)20-8/h1-4H,(H,18,19,20). The summed E-state index contributed by atoms with van der Waals surface area (Å²) >= 11 is 12.1. The van der Waals surface area contributed by atoms with Crippen molar-refractivity contribution >= 4 is 55.0 Å². The van der Waals surface area contributed by atoms with Crippen LogP contribution in [0.1, 0.15) is 5.69 Å². The molecule has 3 nitrogen and oxygen atoms in total. The van der Waals surface area contributed by atoms with Crippen molar-refractivity contribution in [2.45, 2.75) is 6.18 Å². The lowest BCUT2D eigenvalue weighted by Crippen LogP contribution is -2.10. The van der Waals surface area contributed by atoms with Crippen LogP contribution >= 0.6 is 43.5 Å². The Bertz CT molecular complexity index is 629. The molecule has 1 aromatic carbocycles. The highest BCUT2D eigenvalue weighted by molar-refractivity contribution is 9.11. The largest absolute Gasteiger partial charge is 0.433 e. The molecule has 0 aliphatic rings. The van der Waals surface area contributed by atoms with Gasteiger partial charge < -0.3 is 5.32 Å². The molecule has 0 radical (unpaired) electrons. The average Bonchev–Trinajstić information content (AvgIpc) is 2.32. The molecule has 0 aliphatic carbocycles. The smallest absolute Gasteiger partial charge is 0.338 e. The fourth-order valence-electron chi connectivity index (χ4n) is 1.37. The van der Waals surface area contributed by atoms with Crippen LogP contribution in [0.2, 0.25) is 5.28 Å². The number of para-hydroxylation sites is 1. The number of hydrogen-bond donors (Lipinski definition) is 1. The number of nitrogens with zero attached hydrogens (tertiary/aromatic N) is 2. The Morgan fingerprint density at radius 1 is 1.10 bits per heavy atom. The van der Waals surface area contributed by atoms with E-state index >= 15 is 0 Å². The molecular weight excluding hydrogens is 426 g/mol. The minimum absolute atomic E-state index is 0.0510. The minimum Gasteiger partial charge on any atom is -0.338 e. The molecule has 0 spiro atoms. The summed E-state index contributed by atoms with van der Waals surface area (Å²) in [5, 5.41) is 2.28. The quantitative estimate of drug-likeness (QED) is 0.646. The summed E-state index contributed by atoms with van der Waals surface area (Å²) in [6, 6.07) is 6.03. The van der Waals surface area contributed by atoms with Crippen molar-refractivity contribution in [3.63, 3.8) is 0 Å². The summed E-state index contributed by atoms with van der Waals surface area (Å²) in [7, 11) is 0. The van der Waals surface area contributed by atoms with E-state index in [2.05, 4.69) is 47.1 Å². The summed E-state index contributed by atoms with van der Waals surface area (Å²) in [4.78, 5) is 6.88. The molecule has 0 unspecified atom stereocenters. The fourth-order valence-corrected chi connectivity index (χ4v) is 2.75.